The highest BCUT2D eigenvalue weighted by atomic mass is 16.5. The van der Waals surface area contributed by atoms with Crippen molar-refractivity contribution < 1.29 is 23.9 Å². The van der Waals surface area contributed by atoms with Gasteiger partial charge in [-0.3, -0.25) is 24.1 Å². The van der Waals surface area contributed by atoms with Crippen molar-refractivity contribution in [2.24, 2.45) is 5.92 Å². The van der Waals surface area contributed by atoms with Gasteiger partial charge in [-0.25, -0.2) is 4.90 Å². The number of rotatable bonds is 5. The van der Waals surface area contributed by atoms with E-state index in [9.17, 15) is 19.2 Å². The lowest BCUT2D eigenvalue weighted by molar-refractivity contribution is -0.155. The third-order valence-corrected chi connectivity index (χ3v) is 5.21. The first kappa shape index (κ1) is 19.2. The molecule has 2 aliphatic heterocycles. The molecule has 0 bridgehead atoms. The molecule has 7 nitrogen and oxygen atoms in total. The fraction of sp³-hybridized carbons (Fsp3) is 0.500. The molecule has 2 saturated heterocycles. The highest BCUT2D eigenvalue weighted by Crippen LogP contribution is 2.33. The minimum Gasteiger partial charge on any atom is -0.362 e. The third-order valence-electron chi connectivity index (χ3n) is 5.21. The molecule has 144 valence electrons. The maximum atomic E-state index is 12.4. The topological polar surface area (TPSA) is 84.0 Å². The van der Waals surface area contributed by atoms with Gasteiger partial charge in [0.15, 0.2) is 0 Å². The molecule has 2 heterocycles. The van der Waals surface area contributed by atoms with E-state index in [1.54, 1.807) is 12.1 Å². The minimum absolute atomic E-state index is 0.103. The van der Waals surface area contributed by atoms with Crippen LogP contribution in [0, 0.1) is 5.92 Å². The predicted molar refractivity (Wildman–Crippen MR) is 97.9 cm³/mol. The molecule has 1 atom stereocenters. The van der Waals surface area contributed by atoms with Crippen LogP contribution >= 0.6 is 0 Å². The van der Waals surface area contributed by atoms with Crippen molar-refractivity contribution >= 4 is 29.3 Å². The number of likely N-dealkylation sites (tertiary alicyclic amines) is 1. The zero-order valence-electron chi connectivity index (χ0n) is 15.9. The van der Waals surface area contributed by atoms with E-state index in [1.165, 1.54) is 4.90 Å². The number of hydrogen-bond donors (Lipinski definition) is 0. The van der Waals surface area contributed by atoms with E-state index in [2.05, 4.69) is 0 Å². The Balaban J connectivity index is 1.71. The zero-order valence-corrected chi connectivity index (χ0v) is 15.9. The van der Waals surface area contributed by atoms with Gasteiger partial charge in [0, 0.05) is 18.9 Å². The van der Waals surface area contributed by atoms with Crippen LogP contribution in [0.25, 0.3) is 0 Å². The Hall–Kier alpha value is -2.54. The van der Waals surface area contributed by atoms with Gasteiger partial charge in [-0.05, 0) is 29.5 Å². The molecule has 7 heteroatoms. The van der Waals surface area contributed by atoms with Gasteiger partial charge in [-0.2, -0.15) is 0 Å². The Labute approximate surface area is 158 Å². The number of benzene rings is 1. The molecule has 2 fully saturated rings. The molecule has 1 aromatic carbocycles. The smallest absolute Gasteiger partial charge is 0.259 e. The second-order valence-corrected chi connectivity index (χ2v) is 7.79. The number of β-lactam (4-membered cyclic amide) rings is 1. The summed E-state index contributed by atoms with van der Waals surface area (Å²) in [7, 11) is 0. The van der Waals surface area contributed by atoms with Crippen LogP contribution in [0.4, 0.5) is 5.69 Å². The average Bonchev–Trinajstić information content (AvgIpc) is 2.60. The summed E-state index contributed by atoms with van der Waals surface area (Å²) >= 11 is 0. The van der Waals surface area contributed by atoms with Crippen LogP contribution in [0.5, 0.6) is 0 Å². The summed E-state index contributed by atoms with van der Waals surface area (Å²) in [5, 5.41) is 0. The Morgan fingerprint density at radius 2 is 1.67 bits per heavy atom. The molecule has 0 radical (unpaired) electrons. The zero-order chi connectivity index (χ0) is 19.8. The van der Waals surface area contributed by atoms with E-state index in [0.717, 1.165) is 10.5 Å². The Morgan fingerprint density at radius 3 is 2.15 bits per heavy atom. The number of imide groups is 2. The van der Waals surface area contributed by atoms with Gasteiger partial charge in [0.05, 0.1) is 5.69 Å². The number of carbonyl (C=O) groups excluding carboxylic acids is 4. The lowest BCUT2D eigenvalue weighted by atomic mass is 9.77. The molecule has 0 N–H and O–H groups in total. The molecule has 0 aliphatic carbocycles. The number of carbonyl (C=O) groups is 4. The molecular weight excluding hydrogens is 348 g/mol. The van der Waals surface area contributed by atoms with Crippen molar-refractivity contribution in [3.63, 3.8) is 0 Å². The summed E-state index contributed by atoms with van der Waals surface area (Å²) in [6.45, 7) is 6.22. The van der Waals surface area contributed by atoms with Gasteiger partial charge < -0.3 is 4.74 Å². The van der Waals surface area contributed by atoms with E-state index >= 15 is 0 Å². The van der Waals surface area contributed by atoms with Crippen LogP contribution in [0.1, 0.15) is 39.2 Å². The highest BCUT2D eigenvalue weighted by molar-refractivity contribution is 6.17. The average molecular weight is 372 g/mol. The number of hydrogen-bond acceptors (Lipinski definition) is 5. The van der Waals surface area contributed by atoms with E-state index in [1.807, 2.05) is 32.9 Å². The number of nitrogens with zero attached hydrogens (tertiary/aromatic N) is 2. The first-order valence-corrected chi connectivity index (χ1v) is 9.09. The van der Waals surface area contributed by atoms with Gasteiger partial charge in [0.1, 0.15) is 13.2 Å². The van der Waals surface area contributed by atoms with E-state index in [-0.39, 0.29) is 48.2 Å². The van der Waals surface area contributed by atoms with Crippen molar-refractivity contribution in [3.8, 4) is 0 Å². The van der Waals surface area contributed by atoms with Gasteiger partial charge in [0.2, 0.25) is 11.8 Å². The summed E-state index contributed by atoms with van der Waals surface area (Å²) in [6, 6.07) is 7.22. The molecular formula is C20H24N2O5. The summed E-state index contributed by atoms with van der Waals surface area (Å²) in [6.07, 6.45) is 1.03. The van der Waals surface area contributed by atoms with Gasteiger partial charge in [0.25, 0.3) is 11.8 Å². The van der Waals surface area contributed by atoms with Crippen LogP contribution in [0.2, 0.25) is 0 Å². The quantitative estimate of drug-likeness (QED) is 0.580. The van der Waals surface area contributed by atoms with Crippen molar-refractivity contribution in [2.45, 2.75) is 39.0 Å². The minimum atomic E-state index is -0.378. The summed E-state index contributed by atoms with van der Waals surface area (Å²) in [5.74, 6) is -1.26. The van der Waals surface area contributed by atoms with Gasteiger partial charge in [-0.15, -0.1) is 0 Å². The molecule has 1 unspecified atom stereocenters. The van der Waals surface area contributed by atoms with E-state index < -0.39 is 0 Å². The van der Waals surface area contributed by atoms with E-state index in [0.29, 0.717) is 25.1 Å². The number of ether oxygens (including phenoxy) is 1. The van der Waals surface area contributed by atoms with Crippen LogP contribution in [-0.4, -0.2) is 48.3 Å². The Kier molecular flexibility index (Phi) is 5.15. The number of anilines is 1. The second-order valence-electron chi connectivity index (χ2n) is 7.79. The largest absolute Gasteiger partial charge is 0.362 e. The van der Waals surface area contributed by atoms with Crippen molar-refractivity contribution in [3.05, 3.63) is 29.8 Å². The SMILES string of the molecule is CC(CC(C)(C)c1ccc(N2C(=O)COCC2=O)cc1)C(=O)N1CCC1=O. The lowest BCUT2D eigenvalue weighted by Gasteiger charge is -2.34. The van der Waals surface area contributed by atoms with Crippen LogP contribution in [-0.2, 0) is 29.3 Å². The predicted octanol–water partition coefficient (Wildman–Crippen LogP) is 1.64. The normalized spacial score (nSPS) is 19.1. The maximum absolute atomic E-state index is 12.4. The van der Waals surface area contributed by atoms with Gasteiger partial charge in [-0.1, -0.05) is 32.9 Å². The maximum Gasteiger partial charge on any atom is 0.259 e. The first-order chi connectivity index (χ1) is 12.7. The molecule has 0 aromatic heterocycles. The molecule has 2 aliphatic rings. The molecule has 1 aromatic rings. The third kappa shape index (κ3) is 3.78. The first-order valence-electron chi connectivity index (χ1n) is 9.09. The summed E-state index contributed by atoms with van der Waals surface area (Å²) in [4.78, 5) is 50.2. The van der Waals surface area contributed by atoms with Crippen molar-refractivity contribution in [2.75, 3.05) is 24.7 Å². The summed E-state index contributed by atoms with van der Waals surface area (Å²) < 4.78 is 4.93. The molecule has 4 amide bonds. The monoisotopic (exact) mass is 372 g/mol. The van der Waals surface area contributed by atoms with Crippen LogP contribution < -0.4 is 4.90 Å². The fourth-order valence-electron chi connectivity index (χ4n) is 3.63. The molecule has 0 spiro atoms. The van der Waals surface area contributed by atoms with Gasteiger partial charge >= 0.3 is 0 Å². The Bertz CT molecular complexity index is 768. The number of amides is 4. The van der Waals surface area contributed by atoms with E-state index in [4.69, 9.17) is 4.74 Å². The molecule has 3 rings (SSSR count). The van der Waals surface area contributed by atoms with Crippen LogP contribution in [0.3, 0.4) is 0 Å². The second kappa shape index (κ2) is 7.23. The standard InChI is InChI=1S/C20H24N2O5/c1-13(19(26)21-9-8-16(21)23)10-20(2,3)14-4-6-15(7-5-14)22-17(24)11-27-12-18(22)25/h4-7,13H,8-12H2,1-3H3. The Morgan fingerprint density at radius 1 is 1.07 bits per heavy atom. The lowest BCUT2D eigenvalue weighted by Crippen LogP contribution is -2.50. The van der Waals surface area contributed by atoms with Crippen LogP contribution in [0.15, 0.2) is 24.3 Å². The molecule has 0 saturated carbocycles. The fourth-order valence-corrected chi connectivity index (χ4v) is 3.63. The number of morpholine rings is 1. The summed E-state index contributed by atoms with van der Waals surface area (Å²) in [5.41, 5.74) is 1.21. The highest BCUT2D eigenvalue weighted by Gasteiger charge is 2.35. The molecule has 27 heavy (non-hydrogen) atoms. The van der Waals surface area contributed by atoms with Crippen molar-refractivity contribution in [1.82, 2.24) is 4.90 Å². The van der Waals surface area contributed by atoms with Crippen molar-refractivity contribution in [1.29, 1.82) is 0 Å².